The Morgan fingerprint density at radius 3 is 2.00 bits per heavy atom. The molecule has 0 rings (SSSR count). The molecule has 0 bridgehead atoms. The van der Waals surface area contributed by atoms with Crippen LogP contribution in [-0.4, -0.2) is 28.1 Å². The second-order valence-corrected chi connectivity index (χ2v) is 4.77. The number of amides is 1. The Hall–Kier alpha value is -1.10. The molecular formula is C11H22N2O3. The van der Waals surface area contributed by atoms with E-state index in [0.29, 0.717) is 12.8 Å². The predicted octanol–water partition coefficient (Wildman–Crippen LogP) is 0.873. The normalized spacial score (nSPS) is 12.3. The Labute approximate surface area is 96.4 Å². The Morgan fingerprint density at radius 2 is 1.69 bits per heavy atom. The summed E-state index contributed by atoms with van der Waals surface area (Å²) in [4.78, 5) is 22.5. The molecular weight excluding hydrogens is 208 g/mol. The van der Waals surface area contributed by atoms with Gasteiger partial charge in [0.25, 0.3) is 0 Å². The first kappa shape index (κ1) is 14.9. The number of hydrogen-bond donors (Lipinski definition) is 3. The fraction of sp³-hybridized carbons (Fsp3) is 0.818. The fourth-order valence-corrected chi connectivity index (χ4v) is 1.43. The van der Waals surface area contributed by atoms with Gasteiger partial charge in [0.2, 0.25) is 5.91 Å². The second-order valence-electron chi connectivity index (χ2n) is 4.77. The first-order valence-corrected chi connectivity index (χ1v) is 5.50. The number of carbonyl (C=O) groups is 2. The van der Waals surface area contributed by atoms with Crippen LogP contribution in [0.25, 0.3) is 0 Å². The summed E-state index contributed by atoms with van der Waals surface area (Å²) < 4.78 is 0. The molecule has 0 heterocycles. The van der Waals surface area contributed by atoms with Crippen LogP contribution in [0.2, 0.25) is 0 Å². The Morgan fingerprint density at radius 1 is 1.25 bits per heavy atom. The van der Waals surface area contributed by atoms with Crippen LogP contribution in [0.1, 0.15) is 47.0 Å². The number of carboxylic acids is 1. The van der Waals surface area contributed by atoms with E-state index >= 15 is 0 Å². The van der Waals surface area contributed by atoms with Crippen molar-refractivity contribution < 1.29 is 14.7 Å². The van der Waals surface area contributed by atoms with Gasteiger partial charge < -0.3 is 16.2 Å². The molecule has 0 atom stereocenters. The monoisotopic (exact) mass is 230 g/mol. The van der Waals surface area contributed by atoms with Crippen LogP contribution in [0.3, 0.4) is 0 Å². The molecule has 0 aromatic carbocycles. The van der Waals surface area contributed by atoms with E-state index in [-0.39, 0.29) is 12.3 Å². The molecule has 4 N–H and O–H groups in total. The van der Waals surface area contributed by atoms with Crippen LogP contribution in [0.5, 0.6) is 0 Å². The van der Waals surface area contributed by atoms with E-state index in [1.54, 1.807) is 13.8 Å². The van der Waals surface area contributed by atoms with Gasteiger partial charge in [0.15, 0.2) is 0 Å². The zero-order valence-electron chi connectivity index (χ0n) is 10.5. The molecule has 5 heteroatoms. The van der Waals surface area contributed by atoms with Crippen molar-refractivity contribution in [2.24, 2.45) is 5.73 Å². The summed E-state index contributed by atoms with van der Waals surface area (Å²) >= 11 is 0. The van der Waals surface area contributed by atoms with Crippen molar-refractivity contribution in [3.8, 4) is 0 Å². The number of nitrogens with one attached hydrogen (secondary N) is 1. The average molecular weight is 230 g/mol. The first-order chi connectivity index (χ1) is 7.17. The van der Waals surface area contributed by atoms with Crippen molar-refractivity contribution in [2.75, 3.05) is 0 Å². The summed E-state index contributed by atoms with van der Waals surface area (Å²) in [5.41, 5.74) is 4.23. The van der Waals surface area contributed by atoms with Gasteiger partial charge in [0.05, 0.1) is 12.0 Å². The smallest absolute Gasteiger partial charge is 0.305 e. The minimum absolute atomic E-state index is 0.123. The third-order valence-electron chi connectivity index (χ3n) is 2.76. The lowest BCUT2D eigenvalue weighted by Gasteiger charge is -2.32. The van der Waals surface area contributed by atoms with Gasteiger partial charge in [-0.15, -0.1) is 0 Å². The third-order valence-corrected chi connectivity index (χ3v) is 2.76. The average Bonchev–Trinajstić information content (AvgIpc) is 2.13. The summed E-state index contributed by atoms with van der Waals surface area (Å²) in [6.07, 6.45) is 0.930. The lowest BCUT2D eigenvalue weighted by molar-refractivity contribution is -0.139. The summed E-state index contributed by atoms with van der Waals surface area (Å²) in [5.74, 6) is -1.23. The molecule has 0 saturated heterocycles. The molecule has 0 unspecified atom stereocenters. The highest BCUT2D eigenvalue weighted by atomic mass is 16.4. The van der Waals surface area contributed by atoms with Crippen molar-refractivity contribution in [3.63, 3.8) is 0 Å². The van der Waals surface area contributed by atoms with E-state index in [2.05, 4.69) is 5.32 Å². The summed E-state index contributed by atoms with van der Waals surface area (Å²) in [7, 11) is 0. The van der Waals surface area contributed by atoms with Gasteiger partial charge in [-0.3, -0.25) is 9.59 Å². The molecule has 0 radical (unpaired) electrons. The number of rotatable bonds is 6. The van der Waals surface area contributed by atoms with E-state index in [9.17, 15) is 9.59 Å². The van der Waals surface area contributed by atoms with Gasteiger partial charge in [-0.1, -0.05) is 13.8 Å². The lowest BCUT2D eigenvalue weighted by Crippen LogP contribution is -2.58. The second kappa shape index (κ2) is 5.30. The quantitative estimate of drug-likeness (QED) is 0.631. The minimum Gasteiger partial charge on any atom is -0.481 e. The molecule has 0 fully saturated rings. The van der Waals surface area contributed by atoms with Gasteiger partial charge in [0.1, 0.15) is 0 Å². The van der Waals surface area contributed by atoms with Crippen LogP contribution >= 0.6 is 0 Å². The van der Waals surface area contributed by atoms with Crippen LogP contribution in [0, 0.1) is 0 Å². The van der Waals surface area contributed by atoms with Crippen LogP contribution < -0.4 is 11.1 Å². The highest BCUT2D eigenvalue weighted by Gasteiger charge is 2.34. The number of aliphatic carboxylic acids is 1. The third kappa shape index (κ3) is 4.18. The number of hydrogen-bond acceptors (Lipinski definition) is 3. The Bertz CT molecular complexity index is 270. The number of carbonyl (C=O) groups excluding carboxylic acids is 1. The van der Waals surface area contributed by atoms with Gasteiger partial charge >= 0.3 is 5.97 Å². The lowest BCUT2D eigenvalue weighted by atomic mass is 9.91. The van der Waals surface area contributed by atoms with Gasteiger partial charge in [-0.05, 0) is 26.7 Å². The van der Waals surface area contributed by atoms with Crippen molar-refractivity contribution in [1.29, 1.82) is 0 Å². The largest absolute Gasteiger partial charge is 0.481 e. The maximum atomic E-state index is 11.9. The molecule has 94 valence electrons. The number of carboxylic acid groups (broad SMARTS) is 1. The molecule has 0 saturated carbocycles. The van der Waals surface area contributed by atoms with Crippen LogP contribution in [0.4, 0.5) is 0 Å². The molecule has 5 nitrogen and oxygen atoms in total. The molecule has 0 aliphatic rings. The zero-order valence-corrected chi connectivity index (χ0v) is 10.5. The molecule has 0 aliphatic heterocycles. The van der Waals surface area contributed by atoms with Crippen molar-refractivity contribution >= 4 is 11.9 Å². The van der Waals surface area contributed by atoms with E-state index in [1.165, 1.54) is 0 Å². The van der Waals surface area contributed by atoms with E-state index < -0.39 is 17.0 Å². The van der Waals surface area contributed by atoms with E-state index in [4.69, 9.17) is 10.8 Å². The highest BCUT2D eigenvalue weighted by molar-refractivity contribution is 5.87. The van der Waals surface area contributed by atoms with Gasteiger partial charge in [-0.25, -0.2) is 0 Å². The van der Waals surface area contributed by atoms with Gasteiger partial charge in [-0.2, -0.15) is 0 Å². The van der Waals surface area contributed by atoms with E-state index in [1.807, 2.05) is 13.8 Å². The topological polar surface area (TPSA) is 92.4 Å². The maximum absolute atomic E-state index is 11.9. The summed E-state index contributed by atoms with van der Waals surface area (Å²) in [5, 5.41) is 11.4. The predicted molar refractivity (Wildman–Crippen MR) is 62.0 cm³/mol. The minimum atomic E-state index is -0.944. The molecule has 16 heavy (non-hydrogen) atoms. The highest BCUT2D eigenvalue weighted by Crippen LogP contribution is 2.15. The van der Waals surface area contributed by atoms with E-state index in [0.717, 1.165) is 0 Å². The van der Waals surface area contributed by atoms with Crippen molar-refractivity contribution in [1.82, 2.24) is 5.32 Å². The van der Waals surface area contributed by atoms with Gasteiger partial charge in [0, 0.05) is 5.54 Å². The summed E-state index contributed by atoms with van der Waals surface area (Å²) in [6.45, 7) is 7.02. The summed E-state index contributed by atoms with van der Waals surface area (Å²) in [6, 6.07) is 0. The standard InChI is InChI=1S/C11H22N2O3/c1-5-11(12,6-2)9(16)13-10(3,4)7-8(14)15/h5-7,12H2,1-4H3,(H,13,16)(H,14,15). The fourth-order valence-electron chi connectivity index (χ4n) is 1.43. The molecule has 0 aromatic heterocycles. The SMILES string of the molecule is CCC(N)(CC)C(=O)NC(C)(C)CC(=O)O. The van der Waals surface area contributed by atoms with Crippen molar-refractivity contribution in [2.45, 2.75) is 58.0 Å². The molecule has 1 amide bonds. The maximum Gasteiger partial charge on any atom is 0.305 e. The van der Waals surface area contributed by atoms with Crippen molar-refractivity contribution in [3.05, 3.63) is 0 Å². The van der Waals surface area contributed by atoms with Crippen LogP contribution in [-0.2, 0) is 9.59 Å². The Kier molecular flexibility index (Phi) is 4.93. The zero-order chi connectivity index (χ0) is 13.0. The molecule has 0 aromatic rings. The molecule has 0 aliphatic carbocycles. The Balaban J connectivity index is 4.60. The van der Waals surface area contributed by atoms with Crippen LogP contribution in [0.15, 0.2) is 0 Å². The number of nitrogens with two attached hydrogens (primary N) is 1. The first-order valence-electron chi connectivity index (χ1n) is 5.50. The molecule has 0 spiro atoms.